The van der Waals surface area contributed by atoms with Crippen LogP contribution < -0.4 is 10.6 Å². The van der Waals surface area contributed by atoms with Gasteiger partial charge in [-0.2, -0.15) is 5.26 Å². The molecule has 0 saturated carbocycles. The molecule has 0 bridgehead atoms. The van der Waals surface area contributed by atoms with E-state index < -0.39 is 0 Å². The molecular formula is C16H15N3O. The fraction of sp³-hybridized carbons (Fsp3) is 0.125. The molecule has 4 nitrogen and oxygen atoms in total. The minimum absolute atomic E-state index is 0.126. The second kappa shape index (κ2) is 6.39. The van der Waals surface area contributed by atoms with E-state index in [4.69, 9.17) is 5.26 Å². The number of nitrogens with one attached hydrogen (secondary N) is 2. The second-order valence-corrected chi connectivity index (χ2v) is 4.41. The number of benzene rings is 2. The zero-order chi connectivity index (χ0) is 14.4. The van der Waals surface area contributed by atoms with Gasteiger partial charge in [0.25, 0.3) is 0 Å². The van der Waals surface area contributed by atoms with Crippen molar-refractivity contribution in [2.75, 3.05) is 10.6 Å². The number of amides is 1. The van der Waals surface area contributed by atoms with Gasteiger partial charge >= 0.3 is 0 Å². The lowest BCUT2D eigenvalue weighted by Crippen LogP contribution is -2.31. The molecule has 1 atom stereocenters. The van der Waals surface area contributed by atoms with Crippen molar-refractivity contribution in [1.29, 1.82) is 5.26 Å². The molecule has 2 aromatic carbocycles. The zero-order valence-corrected chi connectivity index (χ0v) is 11.1. The Morgan fingerprint density at radius 3 is 2.30 bits per heavy atom. The first-order valence-corrected chi connectivity index (χ1v) is 6.31. The molecule has 20 heavy (non-hydrogen) atoms. The van der Waals surface area contributed by atoms with Gasteiger partial charge < -0.3 is 10.6 Å². The maximum Gasteiger partial charge on any atom is 0.246 e. The normalized spacial score (nSPS) is 11.2. The molecule has 1 amide bonds. The summed E-state index contributed by atoms with van der Waals surface area (Å²) in [4.78, 5) is 12.0. The minimum Gasteiger partial charge on any atom is -0.374 e. The Morgan fingerprint density at radius 1 is 1.05 bits per heavy atom. The molecule has 0 radical (unpaired) electrons. The molecule has 0 aliphatic heterocycles. The lowest BCUT2D eigenvalue weighted by Gasteiger charge is -2.15. The van der Waals surface area contributed by atoms with Crippen LogP contribution in [0, 0.1) is 11.3 Å². The Labute approximate surface area is 118 Å². The lowest BCUT2D eigenvalue weighted by molar-refractivity contribution is -0.116. The van der Waals surface area contributed by atoms with Crippen LogP contribution >= 0.6 is 0 Å². The molecule has 0 aromatic heterocycles. The highest BCUT2D eigenvalue weighted by atomic mass is 16.2. The second-order valence-electron chi connectivity index (χ2n) is 4.41. The summed E-state index contributed by atoms with van der Waals surface area (Å²) >= 11 is 0. The quantitative estimate of drug-likeness (QED) is 0.893. The van der Waals surface area contributed by atoms with Crippen molar-refractivity contribution in [3.05, 3.63) is 60.2 Å². The molecule has 0 aliphatic carbocycles. The van der Waals surface area contributed by atoms with E-state index in [9.17, 15) is 4.79 Å². The van der Waals surface area contributed by atoms with Gasteiger partial charge in [-0.15, -0.1) is 0 Å². The summed E-state index contributed by atoms with van der Waals surface area (Å²) in [6.45, 7) is 1.80. The van der Waals surface area contributed by atoms with Crippen molar-refractivity contribution in [3.8, 4) is 6.07 Å². The first-order valence-electron chi connectivity index (χ1n) is 6.31. The molecule has 0 spiro atoms. The van der Waals surface area contributed by atoms with Gasteiger partial charge in [0, 0.05) is 11.4 Å². The number of hydrogen-bond acceptors (Lipinski definition) is 3. The summed E-state index contributed by atoms with van der Waals surface area (Å²) < 4.78 is 0. The summed E-state index contributed by atoms with van der Waals surface area (Å²) in [5.41, 5.74) is 2.14. The number of nitriles is 1. The van der Waals surface area contributed by atoms with Gasteiger partial charge in [0.2, 0.25) is 5.91 Å². The molecule has 2 N–H and O–H groups in total. The van der Waals surface area contributed by atoms with E-state index >= 15 is 0 Å². The highest BCUT2D eigenvalue weighted by molar-refractivity contribution is 5.96. The van der Waals surface area contributed by atoms with Crippen molar-refractivity contribution in [1.82, 2.24) is 0 Å². The Bertz CT molecular complexity index is 614. The van der Waals surface area contributed by atoms with Gasteiger partial charge in [-0.25, -0.2) is 0 Å². The average Bonchev–Trinajstić information content (AvgIpc) is 2.49. The van der Waals surface area contributed by atoms with Gasteiger partial charge in [-0.3, -0.25) is 4.79 Å². The zero-order valence-electron chi connectivity index (χ0n) is 11.1. The molecular weight excluding hydrogens is 250 g/mol. The van der Waals surface area contributed by atoms with Crippen LogP contribution in [0.25, 0.3) is 0 Å². The van der Waals surface area contributed by atoms with E-state index in [1.807, 2.05) is 36.4 Å². The van der Waals surface area contributed by atoms with Gasteiger partial charge in [0.1, 0.15) is 6.04 Å². The van der Waals surface area contributed by atoms with E-state index in [1.165, 1.54) is 0 Å². The number of para-hydroxylation sites is 1. The summed E-state index contributed by atoms with van der Waals surface area (Å²) in [6.07, 6.45) is 0. The van der Waals surface area contributed by atoms with Crippen molar-refractivity contribution in [2.24, 2.45) is 0 Å². The maximum atomic E-state index is 12.0. The van der Waals surface area contributed by atoms with Crippen LogP contribution in [0.4, 0.5) is 11.4 Å². The molecule has 0 aliphatic rings. The van der Waals surface area contributed by atoms with Crippen molar-refractivity contribution in [3.63, 3.8) is 0 Å². The number of hydrogen-bond donors (Lipinski definition) is 2. The minimum atomic E-state index is -0.354. The number of carbonyl (C=O) groups is 1. The number of carbonyl (C=O) groups excluding carboxylic acids is 1. The van der Waals surface area contributed by atoms with Gasteiger partial charge in [-0.1, -0.05) is 18.2 Å². The Hall–Kier alpha value is -2.80. The summed E-state index contributed by atoms with van der Waals surface area (Å²) in [5, 5.41) is 14.6. The predicted octanol–water partition coefficient (Wildman–Crippen LogP) is 3.00. The van der Waals surface area contributed by atoms with Crippen LogP contribution in [0.5, 0.6) is 0 Å². The van der Waals surface area contributed by atoms with Gasteiger partial charge in [-0.05, 0) is 43.3 Å². The largest absolute Gasteiger partial charge is 0.374 e. The summed E-state index contributed by atoms with van der Waals surface area (Å²) in [6, 6.07) is 18.0. The van der Waals surface area contributed by atoms with Crippen LogP contribution in [-0.4, -0.2) is 11.9 Å². The van der Waals surface area contributed by atoms with E-state index in [2.05, 4.69) is 10.6 Å². The standard InChI is InChI=1S/C16H15N3O/c1-12(18-14-5-3-2-4-6-14)16(20)19-15-9-7-13(11-17)8-10-15/h2-10,12,18H,1H3,(H,19,20)/t12-/m0/s1. The number of anilines is 2. The Balaban J connectivity index is 1.95. The van der Waals surface area contributed by atoms with Crippen LogP contribution in [0.3, 0.4) is 0 Å². The Morgan fingerprint density at radius 2 is 1.70 bits per heavy atom. The highest BCUT2D eigenvalue weighted by Gasteiger charge is 2.12. The smallest absolute Gasteiger partial charge is 0.246 e. The third-order valence-corrected chi connectivity index (χ3v) is 2.83. The molecule has 2 rings (SSSR count). The predicted molar refractivity (Wildman–Crippen MR) is 79.3 cm³/mol. The van der Waals surface area contributed by atoms with E-state index in [0.717, 1.165) is 5.69 Å². The van der Waals surface area contributed by atoms with Crippen molar-refractivity contribution >= 4 is 17.3 Å². The molecule has 0 unspecified atom stereocenters. The van der Waals surface area contributed by atoms with E-state index in [-0.39, 0.29) is 11.9 Å². The fourth-order valence-corrected chi connectivity index (χ4v) is 1.73. The summed E-state index contributed by atoms with van der Waals surface area (Å²) in [7, 11) is 0. The fourth-order valence-electron chi connectivity index (χ4n) is 1.73. The lowest BCUT2D eigenvalue weighted by atomic mass is 10.2. The molecule has 100 valence electrons. The Kier molecular flexibility index (Phi) is 4.35. The summed E-state index contributed by atoms with van der Waals surface area (Å²) in [5.74, 6) is -0.126. The third kappa shape index (κ3) is 3.59. The first kappa shape index (κ1) is 13.6. The molecule has 0 fully saturated rings. The maximum absolute atomic E-state index is 12.0. The van der Waals surface area contributed by atoms with Crippen LogP contribution in [-0.2, 0) is 4.79 Å². The van der Waals surface area contributed by atoms with Crippen LogP contribution in [0.15, 0.2) is 54.6 Å². The van der Waals surface area contributed by atoms with Crippen LogP contribution in [0.2, 0.25) is 0 Å². The first-order chi connectivity index (χ1) is 9.69. The molecule has 0 saturated heterocycles. The number of nitrogens with zero attached hydrogens (tertiary/aromatic N) is 1. The van der Waals surface area contributed by atoms with Crippen molar-refractivity contribution in [2.45, 2.75) is 13.0 Å². The average molecular weight is 265 g/mol. The monoisotopic (exact) mass is 265 g/mol. The SMILES string of the molecule is C[C@H](Nc1ccccc1)C(=O)Nc1ccc(C#N)cc1. The van der Waals surface area contributed by atoms with E-state index in [0.29, 0.717) is 11.3 Å². The molecule has 4 heteroatoms. The topological polar surface area (TPSA) is 64.9 Å². The third-order valence-electron chi connectivity index (χ3n) is 2.83. The molecule has 2 aromatic rings. The van der Waals surface area contributed by atoms with Gasteiger partial charge in [0.05, 0.1) is 11.6 Å². The van der Waals surface area contributed by atoms with E-state index in [1.54, 1.807) is 31.2 Å². The highest BCUT2D eigenvalue weighted by Crippen LogP contribution is 2.11. The van der Waals surface area contributed by atoms with Crippen molar-refractivity contribution < 1.29 is 4.79 Å². The number of rotatable bonds is 4. The van der Waals surface area contributed by atoms with Gasteiger partial charge in [0.15, 0.2) is 0 Å². The van der Waals surface area contributed by atoms with Crippen LogP contribution in [0.1, 0.15) is 12.5 Å². The molecule has 0 heterocycles.